The molecule has 0 atom stereocenters. The summed E-state index contributed by atoms with van der Waals surface area (Å²) in [5.74, 6) is 0. The Labute approximate surface area is 96.0 Å². The average Bonchev–Trinajstić information content (AvgIpc) is 2.63. The fourth-order valence-electron chi connectivity index (χ4n) is 1.18. The van der Waals surface area contributed by atoms with Crippen LogP contribution in [0.4, 0.5) is 0 Å². The molecule has 0 unspecified atom stereocenters. The highest BCUT2D eigenvalue weighted by molar-refractivity contribution is 5.27. The van der Waals surface area contributed by atoms with Crippen LogP contribution in [0.1, 0.15) is 12.5 Å². The van der Waals surface area contributed by atoms with Crippen LogP contribution in [0, 0.1) is 18.3 Å². The second kappa shape index (κ2) is 5.72. The Hall–Kier alpha value is -2.08. The third-order valence-corrected chi connectivity index (χ3v) is 1.98. The first-order valence-electron chi connectivity index (χ1n) is 5.03. The number of rotatable bonds is 4. The average molecular weight is 213 g/mol. The molecule has 0 aliphatic heterocycles. The Balaban J connectivity index is 2.52. The molecule has 0 aromatic carbocycles. The fourth-order valence-corrected chi connectivity index (χ4v) is 1.18. The lowest BCUT2D eigenvalue weighted by atomic mass is 10.2. The van der Waals surface area contributed by atoms with Crippen molar-refractivity contribution in [2.45, 2.75) is 20.4 Å². The molecule has 0 fully saturated rings. The Morgan fingerprint density at radius 2 is 2.44 bits per heavy atom. The number of nitriles is 1. The van der Waals surface area contributed by atoms with E-state index in [2.05, 4.69) is 17.7 Å². The predicted molar refractivity (Wildman–Crippen MR) is 64.6 cm³/mol. The van der Waals surface area contributed by atoms with Crippen molar-refractivity contribution < 1.29 is 0 Å². The molecule has 16 heavy (non-hydrogen) atoms. The van der Waals surface area contributed by atoms with Crippen LogP contribution in [0.3, 0.4) is 0 Å². The molecule has 0 aliphatic carbocycles. The smallest absolute Gasteiger partial charge is 0.0944 e. The molecule has 3 heteroatoms. The fraction of sp³-hybridized carbons (Fsp3) is 0.231. The topological polar surface area (TPSA) is 41.6 Å². The summed E-state index contributed by atoms with van der Waals surface area (Å²) in [4.78, 5) is 0. The van der Waals surface area contributed by atoms with E-state index in [4.69, 9.17) is 5.26 Å². The number of aryl methyl sites for hydroxylation is 1. The molecule has 0 saturated carbocycles. The molecule has 0 aliphatic rings. The van der Waals surface area contributed by atoms with Crippen LogP contribution in [0.25, 0.3) is 0 Å². The van der Waals surface area contributed by atoms with Gasteiger partial charge in [-0.15, -0.1) is 0 Å². The van der Waals surface area contributed by atoms with Crippen LogP contribution in [0.15, 0.2) is 48.3 Å². The first kappa shape index (κ1) is 12.0. The number of hydrogen-bond donors (Lipinski definition) is 0. The molecule has 0 saturated heterocycles. The Bertz CT molecular complexity index is 470. The van der Waals surface area contributed by atoms with Gasteiger partial charge in [0.2, 0.25) is 0 Å². The van der Waals surface area contributed by atoms with Crippen molar-refractivity contribution in [1.29, 1.82) is 5.26 Å². The monoisotopic (exact) mass is 213 g/mol. The van der Waals surface area contributed by atoms with E-state index in [1.165, 1.54) is 0 Å². The first-order chi connectivity index (χ1) is 7.61. The van der Waals surface area contributed by atoms with Gasteiger partial charge in [-0.2, -0.15) is 10.4 Å². The summed E-state index contributed by atoms with van der Waals surface area (Å²) in [6, 6.07) is 2.05. The summed E-state index contributed by atoms with van der Waals surface area (Å²) in [6.07, 6.45) is 9.26. The van der Waals surface area contributed by atoms with Gasteiger partial charge in [-0.05, 0) is 31.1 Å². The van der Waals surface area contributed by atoms with Crippen LogP contribution in [-0.2, 0) is 6.54 Å². The van der Waals surface area contributed by atoms with E-state index in [0.29, 0.717) is 12.1 Å². The molecule has 1 rings (SSSR count). The third kappa shape index (κ3) is 3.97. The van der Waals surface area contributed by atoms with Gasteiger partial charge in [0.15, 0.2) is 0 Å². The lowest BCUT2D eigenvalue weighted by molar-refractivity contribution is 0.687. The lowest BCUT2D eigenvalue weighted by Gasteiger charge is -1.99. The number of nitrogens with zero attached hydrogens (tertiary/aromatic N) is 3. The first-order valence-corrected chi connectivity index (χ1v) is 5.03. The standard InChI is InChI=1S/C13H15N3/c1-11(7-14)5-4-6-12(2)9-16-10-13(3)8-15-16/h4-6,8,10H,2,9H2,1,3H3/b6-4-,11-5+. The molecule has 0 spiro atoms. The van der Waals surface area contributed by atoms with Gasteiger partial charge in [-0.3, -0.25) is 4.68 Å². The zero-order valence-electron chi connectivity index (χ0n) is 9.64. The van der Waals surface area contributed by atoms with Gasteiger partial charge in [0, 0.05) is 11.8 Å². The van der Waals surface area contributed by atoms with Gasteiger partial charge in [-0.1, -0.05) is 18.7 Å². The highest BCUT2D eigenvalue weighted by atomic mass is 15.3. The zero-order chi connectivity index (χ0) is 12.0. The van der Waals surface area contributed by atoms with Gasteiger partial charge >= 0.3 is 0 Å². The molecule has 0 bridgehead atoms. The molecular weight excluding hydrogens is 198 g/mol. The van der Waals surface area contributed by atoms with E-state index < -0.39 is 0 Å². The Morgan fingerprint density at radius 1 is 1.69 bits per heavy atom. The van der Waals surface area contributed by atoms with Crippen molar-refractivity contribution in [2.24, 2.45) is 0 Å². The summed E-state index contributed by atoms with van der Waals surface area (Å²) in [5.41, 5.74) is 2.76. The van der Waals surface area contributed by atoms with E-state index >= 15 is 0 Å². The second-order valence-corrected chi connectivity index (χ2v) is 3.69. The summed E-state index contributed by atoms with van der Waals surface area (Å²) in [6.45, 7) is 8.36. The van der Waals surface area contributed by atoms with Crippen molar-refractivity contribution in [3.63, 3.8) is 0 Å². The van der Waals surface area contributed by atoms with E-state index in [0.717, 1.165) is 11.1 Å². The Morgan fingerprint density at radius 3 is 3.00 bits per heavy atom. The molecular formula is C13H15N3. The zero-order valence-corrected chi connectivity index (χ0v) is 9.64. The minimum Gasteiger partial charge on any atom is -0.268 e. The van der Waals surface area contributed by atoms with Crippen molar-refractivity contribution in [3.8, 4) is 6.07 Å². The van der Waals surface area contributed by atoms with E-state index in [1.807, 2.05) is 36.2 Å². The minimum absolute atomic E-state index is 0.670. The normalized spacial score (nSPS) is 11.7. The largest absolute Gasteiger partial charge is 0.268 e. The molecule has 1 heterocycles. The van der Waals surface area contributed by atoms with E-state index in [9.17, 15) is 0 Å². The third-order valence-electron chi connectivity index (χ3n) is 1.98. The summed E-state index contributed by atoms with van der Waals surface area (Å²) >= 11 is 0. The summed E-state index contributed by atoms with van der Waals surface area (Å²) in [7, 11) is 0. The quantitative estimate of drug-likeness (QED) is 0.570. The van der Waals surface area contributed by atoms with Crippen molar-refractivity contribution in [3.05, 3.63) is 53.9 Å². The van der Waals surface area contributed by atoms with Gasteiger partial charge in [0.1, 0.15) is 0 Å². The van der Waals surface area contributed by atoms with Crippen molar-refractivity contribution in [2.75, 3.05) is 0 Å². The maximum atomic E-state index is 8.55. The summed E-state index contributed by atoms with van der Waals surface area (Å²) < 4.78 is 1.84. The van der Waals surface area contributed by atoms with Crippen molar-refractivity contribution >= 4 is 0 Å². The molecule has 3 nitrogen and oxygen atoms in total. The van der Waals surface area contributed by atoms with Crippen LogP contribution in [-0.4, -0.2) is 9.78 Å². The van der Waals surface area contributed by atoms with Gasteiger partial charge in [-0.25, -0.2) is 0 Å². The van der Waals surface area contributed by atoms with Crippen LogP contribution in [0.5, 0.6) is 0 Å². The summed E-state index contributed by atoms with van der Waals surface area (Å²) in [5, 5.41) is 12.7. The Kier molecular flexibility index (Phi) is 4.28. The molecule has 1 aromatic rings. The highest BCUT2D eigenvalue weighted by Gasteiger charge is 1.94. The van der Waals surface area contributed by atoms with Gasteiger partial charge < -0.3 is 0 Å². The molecule has 0 N–H and O–H groups in total. The number of allylic oxidation sites excluding steroid dienone is 5. The number of hydrogen-bond acceptors (Lipinski definition) is 2. The SMILES string of the molecule is C=C(/C=C\C=C(/C)C#N)Cn1cc(C)cn1. The highest BCUT2D eigenvalue weighted by Crippen LogP contribution is 2.01. The van der Waals surface area contributed by atoms with Crippen LogP contribution < -0.4 is 0 Å². The lowest BCUT2D eigenvalue weighted by Crippen LogP contribution is -1.98. The van der Waals surface area contributed by atoms with Gasteiger partial charge in [0.05, 0.1) is 18.8 Å². The molecule has 0 amide bonds. The van der Waals surface area contributed by atoms with Gasteiger partial charge in [0.25, 0.3) is 0 Å². The van der Waals surface area contributed by atoms with E-state index in [-0.39, 0.29) is 0 Å². The molecule has 0 radical (unpaired) electrons. The minimum atomic E-state index is 0.670. The maximum absolute atomic E-state index is 8.55. The molecule has 1 aromatic heterocycles. The second-order valence-electron chi connectivity index (χ2n) is 3.69. The number of aromatic nitrogens is 2. The maximum Gasteiger partial charge on any atom is 0.0944 e. The van der Waals surface area contributed by atoms with Crippen LogP contribution >= 0.6 is 0 Å². The predicted octanol–water partition coefficient (Wildman–Crippen LogP) is 2.77. The van der Waals surface area contributed by atoms with Crippen molar-refractivity contribution in [1.82, 2.24) is 9.78 Å². The van der Waals surface area contributed by atoms with E-state index in [1.54, 1.807) is 13.0 Å². The van der Waals surface area contributed by atoms with Crippen LogP contribution in [0.2, 0.25) is 0 Å². The molecule has 82 valence electrons.